The van der Waals surface area contributed by atoms with Crippen LogP contribution < -0.4 is 15.5 Å². The number of H-pyrrole nitrogens is 1. The number of thiazole rings is 1. The Morgan fingerprint density at radius 3 is 2.71 bits per heavy atom. The predicted molar refractivity (Wildman–Crippen MR) is 118 cm³/mol. The van der Waals surface area contributed by atoms with E-state index >= 15 is 0 Å². The summed E-state index contributed by atoms with van der Waals surface area (Å²) in [5.41, 5.74) is 1.16. The number of aromatic amines is 1. The molecule has 10 heteroatoms. The van der Waals surface area contributed by atoms with Crippen LogP contribution in [0.15, 0.2) is 36.0 Å². The molecule has 1 saturated heterocycles. The highest BCUT2D eigenvalue weighted by Crippen LogP contribution is 2.34. The first-order valence-corrected chi connectivity index (χ1v) is 10.8. The fourth-order valence-electron chi connectivity index (χ4n) is 3.89. The van der Waals surface area contributed by atoms with Crippen molar-refractivity contribution in [3.8, 4) is 10.6 Å². The second-order valence-electron chi connectivity index (χ2n) is 7.49. The third kappa shape index (κ3) is 4.08. The number of rotatable bonds is 6. The number of ketones is 1. The lowest BCUT2D eigenvalue weighted by Crippen LogP contribution is -2.56. The average Bonchev–Trinajstić information content (AvgIpc) is 3.46. The van der Waals surface area contributed by atoms with Gasteiger partial charge in [-0.3, -0.25) is 14.7 Å². The van der Waals surface area contributed by atoms with Crippen molar-refractivity contribution < 1.29 is 14.0 Å². The Balaban J connectivity index is 1.54. The van der Waals surface area contributed by atoms with E-state index in [2.05, 4.69) is 25.8 Å². The van der Waals surface area contributed by atoms with Crippen LogP contribution in [0.2, 0.25) is 0 Å². The van der Waals surface area contributed by atoms with Gasteiger partial charge in [0.05, 0.1) is 23.1 Å². The van der Waals surface area contributed by atoms with Crippen LogP contribution in [-0.2, 0) is 4.79 Å². The number of amides is 1. The number of carbonyl (C=O) groups is 2. The molecule has 3 heterocycles. The van der Waals surface area contributed by atoms with Crippen molar-refractivity contribution in [3.05, 3.63) is 47.5 Å². The van der Waals surface area contributed by atoms with Crippen LogP contribution >= 0.6 is 11.3 Å². The van der Waals surface area contributed by atoms with Crippen LogP contribution in [0.1, 0.15) is 30.3 Å². The molecule has 1 aliphatic heterocycles. The van der Waals surface area contributed by atoms with Crippen LogP contribution in [0.25, 0.3) is 10.6 Å². The van der Waals surface area contributed by atoms with Gasteiger partial charge in [0.2, 0.25) is 0 Å². The maximum Gasteiger partial charge on any atom is 0.275 e. The first-order valence-electron chi connectivity index (χ1n) is 9.93. The van der Waals surface area contributed by atoms with E-state index in [-0.39, 0.29) is 11.5 Å². The average molecular weight is 443 g/mol. The molecular formula is C21H23FN6O2S. The summed E-state index contributed by atoms with van der Waals surface area (Å²) in [5.74, 6) is -0.758. The molecule has 0 spiro atoms. The van der Waals surface area contributed by atoms with Gasteiger partial charge in [-0.25, -0.2) is 9.37 Å². The van der Waals surface area contributed by atoms with Gasteiger partial charge < -0.3 is 15.5 Å². The predicted octanol–water partition coefficient (Wildman–Crippen LogP) is 3.07. The summed E-state index contributed by atoms with van der Waals surface area (Å²) in [4.78, 5) is 31.1. The topological polar surface area (TPSA) is 103 Å². The third-order valence-electron chi connectivity index (χ3n) is 5.80. The van der Waals surface area contributed by atoms with Gasteiger partial charge in [-0.05, 0) is 38.9 Å². The normalized spacial score (nSPS) is 15.6. The van der Waals surface area contributed by atoms with Gasteiger partial charge in [-0.1, -0.05) is 6.07 Å². The van der Waals surface area contributed by atoms with Crippen molar-refractivity contribution in [3.63, 3.8) is 0 Å². The van der Waals surface area contributed by atoms with Gasteiger partial charge in [-0.2, -0.15) is 5.10 Å². The van der Waals surface area contributed by atoms with E-state index in [1.54, 1.807) is 43.9 Å². The molecule has 0 bridgehead atoms. The van der Waals surface area contributed by atoms with Crippen LogP contribution in [0.3, 0.4) is 0 Å². The van der Waals surface area contributed by atoms with E-state index in [9.17, 15) is 14.0 Å². The number of halogens is 1. The number of hydrogen-bond acceptors (Lipinski definition) is 7. The Morgan fingerprint density at radius 2 is 2.06 bits per heavy atom. The minimum Gasteiger partial charge on any atom is -0.367 e. The number of carbonyl (C=O) groups excluding carboxylic acids is 2. The van der Waals surface area contributed by atoms with E-state index < -0.39 is 17.3 Å². The Labute approximate surface area is 182 Å². The highest BCUT2D eigenvalue weighted by molar-refractivity contribution is 7.13. The molecule has 0 atom stereocenters. The summed E-state index contributed by atoms with van der Waals surface area (Å²) in [6.07, 6.45) is 4.45. The van der Waals surface area contributed by atoms with Crippen molar-refractivity contribution in [1.29, 1.82) is 0 Å². The molecule has 1 fully saturated rings. The minimum absolute atomic E-state index is 0.0775. The highest BCUT2D eigenvalue weighted by Gasteiger charge is 2.38. The summed E-state index contributed by atoms with van der Waals surface area (Å²) < 4.78 is 14.8. The van der Waals surface area contributed by atoms with Gasteiger partial charge in [0.15, 0.2) is 0 Å². The number of benzene rings is 1. The smallest absolute Gasteiger partial charge is 0.275 e. The molecule has 0 aliphatic carbocycles. The number of nitrogens with one attached hydrogen (secondary N) is 3. The molecule has 0 radical (unpaired) electrons. The van der Waals surface area contributed by atoms with Gasteiger partial charge in [0, 0.05) is 30.2 Å². The van der Waals surface area contributed by atoms with Crippen LogP contribution in [0.5, 0.6) is 0 Å². The number of hydrogen-bond donors (Lipinski definition) is 3. The Morgan fingerprint density at radius 1 is 1.29 bits per heavy atom. The van der Waals surface area contributed by atoms with Gasteiger partial charge in [-0.15, -0.1) is 11.3 Å². The van der Waals surface area contributed by atoms with E-state index in [1.807, 2.05) is 4.90 Å². The van der Waals surface area contributed by atoms with Crippen molar-refractivity contribution in [2.75, 3.05) is 30.4 Å². The molecule has 31 heavy (non-hydrogen) atoms. The standard InChI is InChI=1S/C21H23FN6O2S/c1-13(29)21(23-2)6-8-28(9-7-21)18-15(22)4-3-5-16(18)26-19(30)17-12-31-20(27-17)14-10-24-25-11-14/h3-5,10-12,23H,6-9H2,1-2H3,(H,24,25)(H,26,30). The Hall–Kier alpha value is -3.11. The maximum atomic E-state index is 14.8. The highest BCUT2D eigenvalue weighted by atomic mass is 32.1. The van der Waals surface area contributed by atoms with Crippen molar-refractivity contribution in [2.45, 2.75) is 25.3 Å². The number of aromatic nitrogens is 3. The fourth-order valence-corrected chi connectivity index (χ4v) is 4.67. The zero-order valence-electron chi connectivity index (χ0n) is 17.2. The molecule has 2 aromatic heterocycles. The monoisotopic (exact) mass is 442 g/mol. The van der Waals surface area contributed by atoms with Crippen LogP contribution in [0, 0.1) is 5.82 Å². The van der Waals surface area contributed by atoms with Gasteiger partial charge >= 0.3 is 0 Å². The summed E-state index contributed by atoms with van der Waals surface area (Å²) >= 11 is 1.33. The molecule has 0 saturated carbocycles. The number of nitrogens with zero attached hydrogens (tertiary/aromatic N) is 3. The Kier molecular flexibility index (Phi) is 5.84. The van der Waals surface area contributed by atoms with E-state index in [0.717, 1.165) is 5.56 Å². The first-order chi connectivity index (χ1) is 14.9. The molecule has 3 aromatic rings. The molecule has 1 amide bonds. The molecule has 3 N–H and O–H groups in total. The molecule has 162 valence electrons. The molecule has 0 unspecified atom stereocenters. The summed E-state index contributed by atoms with van der Waals surface area (Å²) in [7, 11) is 1.78. The maximum absolute atomic E-state index is 14.8. The number of piperidine rings is 1. The lowest BCUT2D eigenvalue weighted by Gasteiger charge is -2.41. The van der Waals surface area contributed by atoms with E-state index in [1.165, 1.54) is 17.4 Å². The SMILES string of the molecule is CNC1(C(C)=O)CCN(c2c(F)cccc2NC(=O)c2csc(-c3cn[nH]c3)n2)CC1. The van der Waals surface area contributed by atoms with Crippen molar-refractivity contribution in [2.24, 2.45) is 0 Å². The second-order valence-corrected chi connectivity index (χ2v) is 8.35. The lowest BCUT2D eigenvalue weighted by molar-refractivity contribution is -0.123. The molecular weight excluding hydrogens is 419 g/mol. The van der Waals surface area contributed by atoms with Crippen LogP contribution in [-0.4, -0.2) is 52.5 Å². The van der Waals surface area contributed by atoms with Gasteiger partial charge in [0.1, 0.15) is 22.3 Å². The Bertz CT molecular complexity index is 1090. The minimum atomic E-state index is -0.588. The van der Waals surface area contributed by atoms with Gasteiger partial charge in [0.25, 0.3) is 5.91 Å². The zero-order chi connectivity index (χ0) is 22.0. The fraction of sp³-hybridized carbons (Fsp3) is 0.333. The van der Waals surface area contributed by atoms with Crippen LogP contribution in [0.4, 0.5) is 15.8 Å². The van der Waals surface area contributed by atoms with Crippen molar-refractivity contribution in [1.82, 2.24) is 20.5 Å². The summed E-state index contributed by atoms with van der Waals surface area (Å²) in [5, 5.41) is 14.9. The number of likely N-dealkylation sites (N-methyl/N-ethyl adjacent to an activating group) is 1. The second kappa shape index (κ2) is 8.56. The molecule has 1 aromatic carbocycles. The summed E-state index contributed by atoms with van der Waals surface area (Å²) in [6.45, 7) is 2.56. The number of Topliss-reactive ketones (excluding diaryl/α,β-unsaturated/α-hetero) is 1. The third-order valence-corrected chi connectivity index (χ3v) is 6.69. The number of anilines is 2. The summed E-state index contributed by atoms with van der Waals surface area (Å²) in [6, 6.07) is 4.60. The molecule has 4 rings (SSSR count). The zero-order valence-corrected chi connectivity index (χ0v) is 18.1. The molecule has 8 nitrogen and oxygen atoms in total. The van der Waals surface area contributed by atoms with E-state index in [4.69, 9.17) is 0 Å². The first kappa shape index (κ1) is 21.1. The largest absolute Gasteiger partial charge is 0.367 e. The lowest BCUT2D eigenvalue weighted by atomic mass is 9.84. The quantitative estimate of drug-likeness (QED) is 0.542. The van der Waals surface area contributed by atoms with E-state index in [0.29, 0.717) is 42.3 Å². The van der Waals surface area contributed by atoms with Crippen molar-refractivity contribution >= 4 is 34.4 Å². The number of para-hydroxylation sites is 1. The molecule has 1 aliphatic rings.